The topological polar surface area (TPSA) is 60.9 Å². The van der Waals surface area contributed by atoms with Crippen molar-refractivity contribution in [1.82, 2.24) is 4.98 Å². The summed E-state index contributed by atoms with van der Waals surface area (Å²) in [7, 11) is 0. The van der Waals surface area contributed by atoms with Gasteiger partial charge in [-0.15, -0.1) is 0 Å². The fraction of sp³-hybridized carbons (Fsp3) is 0.391. The smallest absolute Gasteiger partial charge is 0.233 e. The van der Waals surface area contributed by atoms with Crippen LogP contribution in [-0.2, 0) is 16.0 Å². The van der Waals surface area contributed by atoms with Crippen molar-refractivity contribution < 1.29 is 19.0 Å². The number of carbonyl (C=O) groups is 1. The van der Waals surface area contributed by atoms with Crippen LogP contribution in [0.15, 0.2) is 30.3 Å². The Labute approximate surface area is 179 Å². The molecule has 1 aromatic heterocycles. The molecule has 1 amide bonds. The Morgan fingerprint density at radius 3 is 2.90 bits per heavy atom. The molecule has 3 heterocycles. The lowest BCUT2D eigenvalue weighted by Gasteiger charge is -2.23. The fourth-order valence-corrected chi connectivity index (χ4v) is 5.24. The van der Waals surface area contributed by atoms with Gasteiger partial charge in [-0.1, -0.05) is 23.5 Å². The minimum Gasteiger partial charge on any atom is -0.454 e. The van der Waals surface area contributed by atoms with Crippen LogP contribution in [-0.4, -0.2) is 36.9 Å². The molecular weight excluding hydrogens is 400 g/mol. The number of hydrogen-bond donors (Lipinski definition) is 0. The zero-order valence-corrected chi connectivity index (χ0v) is 18.0. The summed E-state index contributed by atoms with van der Waals surface area (Å²) in [6.45, 7) is 5.66. The predicted octanol–water partition coefficient (Wildman–Crippen LogP) is 4.40. The first-order valence-electron chi connectivity index (χ1n) is 10.2. The molecular formula is C23H24N2O4S. The van der Waals surface area contributed by atoms with Crippen molar-refractivity contribution in [2.45, 2.75) is 39.2 Å². The predicted molar refractivity (Wildman–Crippen MR) is 117 cm³/mol. The summed E-state index contributed by atoms with van der Waals surface area (Å²) in [6.07, 6.45) is 2.33. The third kappa shape index (κ3) is 3.75. The number of rotatable bonds is 5. The number of amides is 1. The third-order valence-corrected chi connectivity index (χ3v) is 6.58. The summed E-state index contributed by atoms with van der Waals surface area (Å²) in [5, 5.41) is 0.736. The average molecular weight is 425 g/mol. The second kappa shape index (κ2) is 7.89. The van der Waals surface area contributed by atoms with Crippen LogP contribution in [0.2, 0.25) is 0 Å². The first-order valence-corrected chi connectivity index (χ1v) is 11.1. The highest BCUT2D eigenvalue weighted by atomic mass is 32.1. The van der Waals surface area contributed by atoms with E-state index < -0.39 is 0 Å². The van der Waals surface area contributed by atoms with Crippen LogP contribution in [0.3, 0.4) is 0 Å². The van der Waals surface area contributed by atoms with Gasteiger partial charge < -0.3 is 14.2 Å². The van der Waals surface area contributed by atoms with Gasteiger partial charge >= 0.3 is 0 Å². The number of ether oxygens (including phenoxy) is 3. The van der Waals surface area contributed by atoms with Crippen LogP contribution >= 0.6 is 11.3 Å². The number of carbonyl (C=O) groups excluding carboxylic acids is 1. The van der Waals surface area contributed by atoms with Crippen LogP contribution < -0.4 is 14.4 Å². The minimum absolute atomic E-state index is 0.0118. The maximum Gasteiger partial charge on any atom is 0.233 e. The van der Waals surface area contributed by atoms with Gasteiger partial charge in [-0.25, -0.2) is 4.98 Å². The van der Waals surface area contributed by atoms with Crippen LogP contribution in [0.5, 0.6) is 11.5 Å². The Morgan fingerprint density at radius 2 is 2.07 bits per heavy atom. The van der Waals surface area contributed by atoms with Crippen LogP contribution in [0, 0.1) is 13.8 Å². The second-order valence-corrected chi connectivity index (χ2v) is 8.94. The second-order valence-electron chi connectivity index (χ2n) is 7.93. The van der Waals surface area contributed by atoms with Gasteiger partial charge in [0, 0.05) is 6.61 Å². The quantitative estimate of drug-likeness (QED) is 0.608. The molecule has 0 radical (unpaired) electrons. The van der Waals surface area contributed by atoms with Crippen molar-refractivity contribution in [2.75, 3.05) is 24.8 Å². The first-order chi connectivity index (χ1) is 14.6. The Balaban J connectivity index is 1.45. The number of anilines is 1. The Bertz CT molecular complexity index is 1100. The number of hydrogen-bond acceptors (Lipinski definition) is 6. The highest BCUT2D eigenvalue weighted by Crippen LogP contribution is 2.35. The molecule has 2 aliphatic rings. The Morgan fingerprint density at radius 1 is 1.20 bits per heavy atom. The van der Waals surface area contributed by atoms with Gasteiger partial charge in [0.2, 0.25) is 12.7 Å². The highest BCUT2D eigenvalue weighted by Gasteiger charge is 2.27. The number of fused-ring (bicyclic) bond motifs is 2. The summed E-state index contributed by atoms with van der Waals surface area (Å²) < 4.78 is 17.8. The van der Waals surface area contributed by atoms with Gasteiger partial charge in [-0.2, -0.15) is 0 Å². The molecule has 30 heavy (non-hydrogen) atoms. The van der Waals surface area contributed by atoms with Crippen molar-refractivity contribution in [1.29, 1.82) is 0 Å². The number of aromatic nitrogens is 1. The molecule has 6 nitrogen and oxygen atoms in total. The number of thiazole rings is 1. The summed E-state index contributed by atoms with van der Waals surface area (Å²) >= 11 is 1.57. The van der Waals surface area contributed by atoms with E-state index in [1.54, 1.807) is 16.2 Å². The molecule has 3 aromatic rings. The van der Waals surface area contributed by atoms with E-state index in [0.29, 0.717) is 12.3 Å². The number of nitrogens with zero attached hydrogens (tertiary/aromatic N) is 2. The number of benzene rings is 2. The van der Waals surface area contributed by atoms with Gasteiger partial charge in [-0.05, 0) is 61.6 Å². The van der Waals surface area contributed by atoms with E-state index in [1.807, 2.05) is 18.2 Å². The van der Waals surface area contributed by atoms with E-state index in [2.05, 4.69) is 26.0 Å². The molecule has 0 N–H and O–H groups in total. The molecule has 0 saturated carbocycles. The van der Waals surface area contributed by atoms with E-state index in [0.717, 1.165) is 51.7 Å². The molecule has 0 spiro atoms. The van der Waals surface area contributed by atoms with E-state index in [9.17, 15) is 4.79 Å². The maximum absolute atomic E-state index is 13.4. The molecule has 156 valence electrons. The average Bonchev–Trinajstić information content (AvgIpc) is 3.46. The monoisotopic (exact) mass is 424 g/mol. The third-order valence-electron chi connectivity index (χ3n) is 5.55. The normalized spacial score (nSPS) is 17.6. The lowest BCUT2D eigenvalue weighted by molar-refractivity contribution is -0.118. The zero-order chi connectivity index (χ0) is 20.7. The molecule has 0 unspecified atom stereocenters. The lowest BCUT2D eigenvalue weighted by atomic mass is 10.1. The largest absolute Gasteiger partial charge is 0.454 e. The summed E-state index contributed by atoms with van der Waals surface area (Å²) in [5.74, 6) is 1.43. The van der Waals surface area contributed by atoms with E-state index in [1.165, 1.54) is 5.56 Å². The SMILES string of the molecule is Cc1cc(C)c2nc(N(C[C@@H]3CCCO3)C(=O)Cc3ccc4c(c3)OCO4)sc2c1. The van der Waals surface area contributed by atoms with Crippen LogP contribution in [0.25, 0.3) is 10.2 Å². The first kappa shape index (κ1) is 19.3. The van der Waals surface area contributed by atoms with Crippen molar-refractivity contribution in [2.24, 2.45) is 0 Å². The van der Waals surface area contributed by atoms with Crippen molar-refractivity contribution in [3.05, 3.63) is 47.0 Å². The standard InChI is InChI=1S/C23H24N2O4S/c1-14-8-15(2)22-20(9-14)30-23(24-22)25(12-17-4-3-7-27-17)21(26)11-16-5-6-18-19(10-16)29-13-28-18/h5-6,8-10,17H,3-4,7,11-13H2,1-2H3/t17-/m0/s1. The maximum atomic E-state index is 13.4. The van der Waals surface area contributed by atoms with Gasteiger partial charge in [0.15, 0.2) is 16.6 Å². The van der Waals surface area contributed by atoms with E-state index >= 15 is 0 Å². The molecule has 1 saturated heterocycles. The Kier molecular flexibility index (Phi) is 5.08. The van der Waals surface area contributed by atoms with Crippen molar-refractivity contribution in [3.63, 3.8) is 0 Å². The van der Waals surface area contributed by atoms with Gasteiger partial charge in [0.25, 0.3) is 0 Å². The van der Waals surface area contributed by atoms with Gasteiger partial charge in [-0.3, -0.25) is 9.69 Å². The van der Waals surface area contributed by atoms with E-state index in [-0.39, 0.29) is 25.2 Å². The summed E-state index contributed by atoms with van der Waals surface area (Å²) in [5.41, 5.74) is 4.20. The van der Waals surface area contributed by atoms with Crippen molar-refractivity contribution in [3.8, 4) is 11.5 Å². The molecule has 1 fully saturated rings. The zero-order valence-electron chi connectivity index (χ0n) is 17.1. The molecule has 0 aliphatic carbocycles. The van der Waals surface area contributed by atoms with Crippen LogP contribution in [0.1, 0.15) is 29.5 Å². The fourth-order valence-electron chi connectivity index (χ4n) is 4.07. The molecule has 5 rings (SSSR count). The summed E-state index contributed by atoms with van der Waals surface area (Å²) in [6, 6.07) is 9.93. The molecule has 2 aromatic carbocycles. The molecule has 7 heteroatoms. The van der Waals surface area contributed by atoms with Gasteiger partial charge in [0.1, 0.15) is 0 Å². The summed E-state index contributed by atoms with van der Waals surface area (Å²) in [4.78, 5) is 20.0. The lowest BCUT2D eigenvalue weighted by Crippen LogP contribution is -2.38. The van der Waals surface area contributed by atoms with Crippen molar-refractivity contribution >= 4 is 32.6 Å². The minimum atomic E-state index is 0.0118. The molecule has 0 bridgehead atoms. The van der Waals surface area contributed by atoms with Gasteiger partial charge in [0.05, 0.1) is 29.3 Å². The molecule has 2 aliphatic heterocycles. The number of aryl methyl sites for hydroxylation is 2. The highest BCUT2D eigenvalue weighted by molar-refractivity contribution is 7.22. The van der Waals surface area contributed by atoms with Crippen LogP contribution in [0.4, 0.5) is 5.13 Å². The Hall–Kier alpha value is -2.64. The van der Waals surface area contributed by atoms with E-state index in [4.69, 9.17) is 19.2 Å². The molecule has 1 atom stereocenters.